The Morgan fingerprint density at radius 1 is 1.11 bits per heavy atom. The number of nitrogens with one attached hydrogen (secondary N) is 1. The standard InChI is InChI=1S/C28H38ClN3O5S/c1-4-24(28(34)30-23-13-9-6-10-14-23)31(18-17-21-11-7-5-8-12-21)27(33)20-32(38(3,35)36)25-19-22(29)15-16-26(25)37-2/h5,7-8,11-12,15-16,19,23-24H,4,6,9-10,13-14,17-18,20H2,1-3H3,(H,30,34)/t24-/m0/s1. The van der Waals surface area contributed by atoms with Gasteiger partial charge in [0.25, 0.3) is 0 Å². The highest BCUT2D eigenvalue weighted by Crippen LogP contribution is 2.33. The molecule has 0 saturated heterocycles. The molecule has 3 rings (SSSR count). The molecule has 1 atom stereocenters. The van der Waals surface area contributed by atoms with Crippen molar-refractivity contribution in [3.63, 3.8) is 0 Å². The number of halogens is 1. The average molecular weight is 564 g/mol. The predicted octanol–water partition coefficient (Wildman–Crippen LogP) is 4.41. The lowest BCUT2D eigenvalue weighted by Crippen LogP contribution is -2.54. The maximum atomic E-state index is 13.8. The number of hydrogen-bond donors (Lipinski definition) is 1. The van der Waals surface area contributed by atoms with Crippen LogP contribution in [0.4, 0.5) is 5.69 Å². The topological polar surface area (TPSA) is 96.0 Å². The molecule has 0 spiro atoms. The van der Waals surface area contributed by atoms with Crippen molar-refractivity contribution in [1.82, 2.24) is 10.2 Å². The molecule has 0 radical (unpaired) electrons. The van der Waals surface area contributed by atoms with Gasteiger partial charge in [-0.3, -0.25) is 13.9 Å². The normalized spacial score (nSPS) is 14.9. The summed E-state index contributed by atoms with van der Waals surface area (Å²) in [7, 11) is -2.47. The van der Waals surface area contributed by atoms with E-state index in [-0.39, 0.29) is 29.9 Å². The van der Waals surface area contributed by atoms with Gasteiger partial charge in [-0.15, -0.1) is 0 Å². The molecule has 208 valence electrons. The van der Waals surface area contributed by atoms with Gasteiger partial charge < -0.3 is 15.0 Å². The number of rotatable bonds is 12. The molecule has 1 aliphatic rings. The minimum Gasteiger partial charge on any atom is -0.495 e. The zero-order chi connectivity index (χ0) is 27.7. The Hall–Kier alpha value is -2.78. The zero-order valence-electron chi connectivity index (χ0n) is 22.4. The van der Waals surface area contributed by atoms with Crippen LogP contribution in [0.1, 0.15) is 51.0 Å². The Morgan fingerprint density at radius 2 is 1.79 bits per heavy atom. The number of anilines is 1. The highest BCUT2D eigenvalue weighted by Gasteiger charge is 2.33. The lowest BCUT2D eigenvalue weighted by atomic mass is 9.95. The number of sulfonamides is 1. The molecule has 0 aromatic heterocycles. The van der Waals surface area contributed by atoms with Crippen molar-refractivity contribution in [2.45, 2.75) is 64.0 Å². The summed E-state index contributed by atoms with van der Waals surface area (Å²) in [5.74, 6) is -0.406. The van der Waals surface area contributed by atoms with Crippen molar-refractivity contribution in [3.8, 4) is 5.75 Å². The van der Waals surface area contributed by atoms with E-state index < -0.39 is 28.5 Å². The van der Waals surface area contributed by atoms with E-state index in [0.29, 0.717) is 17.9 Å². The molecule has 2 aromatic carbocycles. The summed E-state index contributed by atoms with van der Waals surface area (Å²) in [5, 5.41) is 3.45. The Bertz CT molecular complexity index is 1190. The summed E-state index contributed by atoms with van der Waals surface area (Å²) >= 11 is 6.17. The number of hydrogen-bond acceptors (Lipinski definition) is 5. The van der Waals surface area contributed by atoms with Crippen LogP contribution in [-0.2, 0) is 26.0 Å². The van der Waals surface area contributed by atoms with Gasteiger partial charge in [0.2, 0.25) is 21.8 Å². The van der Waals surface area contributed by atoms with Gasteiger partial charge in [-0.05, 0) is 49.4 Å². The number of methoxy groups -OCH3 is 1. The fourth-order valence-electron chi connectivity index (χ4n) is 4.89. The van der Waals surface area contributed by atoms with Gasteiger partial charge in [0.15, 0.2) is 0 Å². The first-order valence-electron chi connectivity index (χ1n) is 13.1. The predicted molar refractivity (Wildman–Crippen MR) is 151 cm³/mol. The fourth-order valence-corrected chi connectivity index (χ4v) is 5.90. The van der Waals surface area contributed by atoms with Gasteiger partial charge in [-0.1, -0.05) is 68.1 Å². The molecular formula is C28H38ClN3O5S. The number of nitrogens with zero attached hydrogens (tertiary/aromatic N) is 2. The monoisotopic (exact) mass is 563 g/mol. The van der Waals surface area contributed by atoms with E-state index in [2.05, 4.69) is 5.32 Å². The van der Waals surface area contributed by atoms with Crippen LogP contribution in [-0.4, -0.2) is 63.7 Å². The Labute approximate surface area is 231 Å². The zero-order valence-corrected chi connectivity index (χ0v) is 23.9. The minimum atomic E-state index is -3.89. The van der Waals surface area contributed by atoms with Gasteiger partial charge in [0.05, 0.1) is 19.1 Å². The molecule has 1 saturated carbocycles. The van der Waals surface area contributed by atoms with Crippen LogP contribution >= 0.6 is 11.6 Å². The van der Waals surface area contributed by atoms with Crippen LogP contribution in [0.2, 0.25) is 5.02 Å². The Kier molecular flexibility index (Phi) is 10.8. The Balaban J connectivity index is 1.91. The van der Waals surface area contributed by atoms with E-state index in [1.807, 2.05) is 37.3 Å². The van der Waals surface area contributed by atoms with Crippen molar-refractivity contribution in [2.75, 3.05) is 30.8 Å². The second-order valence-electron chi connectivity index (χ2n) is 9.68. The van der Waals surface area contributed by atoms with E-state index in [4.69, 9.17) is 16.3 Å². The van der Waals surface area contributed by atoms with Crippen LogP contribution in [0.3, 0.4) is 0 Å². The van der Waals surface area contributed by atoms with Crippen LogP contribution in [0.15, 0.2) is 48.5 Å². The number of benzene rings is 2. The molecule has 2 amide bonds. The Morgan fingerprint density at radius 3 is 2.39 bits per heavy atom. The van der Waals surface area contributed by atoms with Gasteiger partial charge in [-0.2, -0.15) is 0 Å². The first-order valence-corrected chi connectivity index (χ1v) is 15.3. The molecule has 1 fully saturated rings. The van der Waals surface area contributed by atoms with Crippen molar-refractivity contribution < 1.29 is 22.7 Å². The lowest BCUT2D eigenvalue weighted by molar-refractivity contribution is -0.140. The molecule has 1 aliphatic carbocycles. The third kappa shape index (κ3) is 8.11. The molecule has 0 aliphatic heterocycles. The van der Waals surface area contributed by atoms with Crippen molar-refractivity contribution in [2.24, 2.45) is 0 Å². The van der Waals surface area contributed by atoms with Crippen molar-refractivity contribution in [1.29, 1.82) is 0 Å². The maximum absolute atomic E-state index is 13.8. The highest BCUT2D eigenvalue weighted by molar-refractivity contribution is 7.92. The SMILES string of the molecule is CC[C@@H](C(=O)NC1CCCCC1)N(CCc1ccccc1)C(=O)CN(c1cc(Cl)ccc1OC)S(C)(=O)=O. The summed E-state index contributed by atoms with van der Waals surface area (Å²) in [5.41, 5.74) is 1.18. The number of ether oxygens (including phenoxy) is 1. The molecule has 0 unspecified atom stereocenters. The van der Waals surface area contributed by atoms with E-state index >= 15 is 0 Å². The second-order valence-corrected chi connectivity index (χ2v) is 12.0. The fraction of sp³-hybridized carbons (Fsp3) is 0.500. The number of carbonyl (C=O) groups is 2. The van der Waals surface area contributed by atoms with Crippen LogP contribution < -0.4 is 14.4 Å². The molecule has 0 bridgehead atoms. The summed E-state index contributed by atoms with van der Waals surface area (Å²) < 4.78 is 32.1. The average Bonchev–Trinajstić information content (AvgIpc) is 2.90. The molecular weight excluding hydrogens is 526 g/mol. The highest BCUT2D eigenvalue weighted by atomic mass is 35.5. The number of carbonyl (C=O) groups excluding carboxylic acids is 2. The first-order chi connectivity index (χ1) is 18.1. The van der Waals surface area contributed by atoms with Gasteiger partial charge in [0.1, 0.15) is 18.3 Å². The molecule has 38 heavy (non-hydrogen) atoms. The molecule has 8 nitrogen and oxygen atoms in total. The van der Waals surface area contributed by atoms with E-state index in [1.54, 1.807) is 12.1 Å². The van der Waals surface area contributed by atoms with Crippen molar-refractivity contribution >= 4 is 39.1 Å². The van der Waals surface area contributed by atoms with Crippen LogP contribution in [0.5, 0.6) is 5.75 Å². The first kappa shape index (κ1) is 29.8. The molecule has 10 heteroatoms. The summed E-state index contributed by atoms with van der Waals surface area (Å²) in [4.78, 5) is 28.8. The summed E-state index contributed by atoms with van der Waals surface area (Å²) in [6.07, 6.45) is 7.12. The van der Waals surface area contributed by atoms with E-state index in [1.165, 1.54) is 24.5 Å². The second kappa shape index (κ2) is 13.8. The molecule has 1 N–H and O–H groups in total. The quantitative estimate of drug-likeness (QED) is 0.412. The third-order valence-electron chi connectivity index (χ3n) is 6.91. The van der Waals surface area contributed by atoms with Crippen molar-refractivity contribution in [3.05, 3.63) is 59.1 Å². The third-order valence-corrected chi connectivity index (χ3v) is 8.27. The molecule has 0 heterocycles. The summed E-state index contributed by atoms with van der Waals surface area (Å²) in [6, 6.07) is 13.7. The molecule has 2 aromatic rings. The van der Waals surface area contributed by atoms with Gasteiger partial charge in [-0.25, -0.2) is 8.42 Å². The lowest BCUT2D eigenvalue weighted by Gasteiger charge is -2.34. The minimum absolute atomic E-state index is 0.0969. The maximum Gasteiger partial charge on any atom is 0.244 e. The van der Waals surface area contributed by atoms with Crippen LogP contribution in [0, 0.1) is 0 Å². The smallest absolute Gasteiger partial charge is 0.244 e. The van der Waals surface area contributed by atoms with E-state index in [9.17, 15) is 18.0 Å². The van der Waals surface area contributed by atoms with Gasteiger partial charge in [0, 0.05) is 17.6 Å². The largest absolute Gasteiger partial charge is 0.495 e. The van der Waals surface area contributed by atoms with Gasteiger partial charge >= 0.3 is 0 Å². The number of amides is 2. The van der Waals surface area contributed by atoms with E-state index in [0.717, 1.165) is 41.8 Å². The summed E-state index contributed by atoms with van der Waals surface area (Å²) in [6.45, 7) is 1.64. The van der Waals surface area contributed by atoms with Crippen LogP contribution in [0.25, 0.3) is 0 Å².